The van der Waals surface area contributed by atoms with Crippen molar-refractivity contribution in [3.05, 3.63) is 18.5 Å². The van der Waals surface area contributed by atoms with Gasteiger partial charge in [-0.05, 0) is 38.4 Å². The van der Waals surface area contributed by atoms with Crippen molar-refractivity contribution < 1.29 is 0 Å². The summed E-state index contributed by atoms with van der Waals surface area (Å²) in [6.45, 7) is 6.78. The first-order chi connectivity index (χ1) is 9.42. The normalized spacial score (nSPS) is 24.8. The number of nitrogens with zero attached hydrogens (tertiary/aromatic N) is 4. The number of hydrogen-bond donors (Lipinski definition) is 1. The van der Waals surface area contributed by atoms with Gasteiger partial charge in [0.25, 0.3) is 0 Å². The Bertz CT molecular complexity index is 369. The Morgan fingerprint density at radius 3 is 2.63 bits per heavy atom. The maximum Gasteiger partial charge on any atom is 0.225 e. The minimum absolute atomic E-state index is 0.760. The summed E-state index contributed by atoms with van der Waals surface area (Å²) in [5.41, 5.74) is 0. The average Bonchev–Trinajstić information content (AvgIpc) is 3.00. The predicted octanol–water partition coefficient (Wildman–Crippen LogP) is 0.741. The molecule has 2 saturated heterocycles. The molecule has 1 aromatic rings. The summed E-state index contributed by atoms with van der Waals surface area (Å²) in [6.07, 6.45) is 7.64. The first-order valence-corrected chi connectivity index (χ1v) is 7.39. The van der Waals surface area contributed by atoms with Gasteiger partial charge in [0.2, 0.25) is 5.95 Å². The van der Waals surface area contributed by atoms with Crippen molar-refractivity contribution in [2.24, 2.45) is 0 Å². The van der Waals surface area contributed by atoms with E-state index in [9.17, 15) is 0 Å². The average molecular weight is 261 g/mol. The summed E-state index contributed by atoms with van der Waals surface area (Å²) >= 11 is 0. The summed E-state index contributed by atoms with van der Waals surface area (Å²) < 4.78 is 0. The van der Waals surface area contributed by atoms with E-state index < -0.39 is 0 Å². The van der Waals surface area contributed by atoms with E-state index in [1.165, 1.54) is 32.4 Å². The molecule has 0 aromatic carbocycles. The number of rotatable bonds is 4. The highest BCUT2D eigenvalue weighted by Crippen LogP contribution is 2.12. The molecule has 0 spiro atoms. The Labute approximate surface area is 115 Å². The van der Waals surface area contributed by atoms with Crippen molar-refractivity contribution in [3.8, 4) is 0 Å². The van der Waals surface area contributed by atoms with Crippen LogP contribution in [0, 0.1) is 0 Å². The molecule has 0 aliphatic carbocycles. The Balaban J connectivity index is 1.42. The van der Waals surface area contributed by atoms with E-state index in [4.69, 9.17) is 0 Å². The monoisotopic (exact) mass is 261 g/mol. The van der Waals surface area contributed by atoms with Crippen molar-refractivity contribution in [2.45, 2.75) is 25.3 Å². The van der Waals surface area contributed by atoms with Gasteiger partial charge in [0, 0.05) is 44.6 Å². The molecule has 5 nitrogen and oxygen atoms in total. The van der Waals surface area contributed by atoms with E-state index in [-0.39, 0.29) is 0 Å². The molecule has 0 radical (unpaired) electrons. The lowest BCUT2D eigenvalue weighted by atomic mass is 10.1. The lowest BCUT2D eigenvalue weighted by Gasteiger charge is -2.35. The van der Waals surface area contributed by atoms with Crippen LogP contribution in [-0.4, -0.2) is 60.2 Å². The predicted molar refractivity (Wildman–Crippen MR) is 76.3 cm³/mol. The maximum atomic E-state index is 4.32. The zero-order valence-corrected chi connectivity index (χ0v) is 11.5. The standard InChI is InChI=1S/C14H23N5/c1-3-13(15-5-1)4-8-18-9-11-19(12-10-18)14-16-6-2-7-17-14/h2,6-7,13,15H,1,3-5,8-12H2. The van der Waals surface area contributed by atoms with Gasteiger partial charge < -0.3 is 10.2 Å². The van der Waals surface area contributed by atoms with Crippen LogP contribution < -0.4 is 10.2 Å². The Morgan fingerprint density at radius 2 is 1.95 bits per heavy atom. The quantitative estimate of drug-likeness (QED) is 0.866. The number of anilines is 1. The highest BCUT2D eigenvalue weighted by molar-refractivity contribution is 5.29. The summed E-state index contributed by atoms with van der Waals surface area (Å²) in [5.74, 6) is 0.875. The van der Waals surface area contributed by atoms with E-state index in [1.807, 2.05) is 18.5 Å². The fourth-order valence-corrected chi connectivity index (χ4v) is 2.97. The molecule has 19 heavy (non-hydrogen) atoms. The van der Waals surface area contributed by atoms with E-state index in [0.717, 1.165) is 38.2 Å². The van der Waals surface area contributed by atoms with E-state index >= 15 is 0 Å². The van der Waals surface area contributed by atoms with Crippen molar-refractivity contribution in [2.75, 3.05) is 44.2 Å². The van der Waals surface area contributed by atoms with Crippen LogP contribution in [0.5, 0.6) is 0 Å². The van der Waals surface area contributed by atoms with Gasteiger partial charge in [0.1, 0.15) is 0 Å². The van der Waals surface area contributed by atoms with Crippen LogP contribution in [-0.2, 0) is 0 Å². The van der Waals surface area contributed by atoms with Crippen LogP contribution in [0.1, 0.15) is 19.3 Å². The molecule has 1 aromatic heterocycles. The maximum absolute atomic E-state index is 4.32. The van der Waals surface area contributed by atoms with Gasteiger partial charge in [-0.15, -0.1) is 0 Å². The highest BCUT2D eigenvalue weighted by Gasteiger charge is 2.20. The molecule has 104 valence electrons. The first kappa shape index (κ1) is 12.8. The summed E-state index contributed by atoms with van der Waals surface area (Å²) in [5, 5.41) is 3.57. The lowest BCUT2D eigenvalue weighted by molar-refractivity contribution is 0.244. The molecule has 5 heteroatoms. The summed E-state index contributed by atoms with van der Waals surface area (Å²) in [7, 11) is 0. The minimum Gasteiger partial charge on any atom is -0.338 e. The third kappa shape index (κ3) is 3.42. The summed E-state index contributed by atoms with van der Waals surface area (Å²) in [4.78, 5) is 13.5. The number of nitrogens with one attached hydrogen (secondary N) is 1. The highest BCUT2D eigenvalue weighted by atomic mass is 15.3. The van der Waals surface area contributed by atoms with Crippen molar-refractivity contribution in [3.63, 3.8) is 0 Å². The van der Waals surface area contributed by atoms with Gasteiger partial charge in [-0.2, -0.15) is 0 Å². The van der Waals surface area contributed by atoms with Gasteiger partial charge >= 0.3 is 0 Å². The van der Waals surface area contributed by atoms with Gasteiger partial charge in [0.05, 0.1) is 0 Å². The van der Waals surface area contributed by atoms with Gasteiger partial charge in [-0.1, -0.05) is 0 Å². The van der Waals surface area contributed by atoms with Crippen LogP contribution in [0.15, 0.2) is 18.5 Å². The Morgan fingerprint density at radius 1 is 1.16 bits per heavy atom. The second kappa shape index (κ2) is 6.30. The Hall–Kier alpha value is -1.20. The topological polar surface area (TPSA) is 44.3 Å². The minimum atomic E-state index is 0.760. The molecule has 1 atom stereocenters. The SMILES string of the molecule is c1cnc(N2CCN(CCC3CCCN3)CC2)nc1. The molecule has 1 unspecified atom stereocenters. The van der Waals surface area contributed by atoms with Crippen molar-refractivity contribution in [1.82, 2.24) is 20.2 Å². The molecule has 0 bridgehead atoms. The molecule has 2 aliphatic heterocycles. The number of aromatic nitrogens is 2. The molecular weight excluding hydrogens is 238 g/mol. The second-order valence-electron chi connectivity index (χ2n) is 5.46. The molecule has 0 saturated carbocycles. The molecule has 1 N–H and O–H groups in total. The van der Waals surface area contributed by atoms with Crippen molar-refractivity contribution >= 4 is 5.95 Å². The van der Waals surface area contributed by atoms with Crippen LogP contribution in [0.25, 0.3) is 0 Å². The van der Waals surface area contributed by atoms with Gasteiger partial charge in [-0.25, -0.2) is 9.97 Å². The smallest absolute Gasteiger partial charge is 0.225 e. The lowest BCUT2D eigenvalue weighted by Crippen LogP contribution is -2.47. The van der Waals surface area contributed by atoms with Crippen molar-refractivity contribution in [1.29, 1.82) is 0 Å². The molecule has 2 fully saturated rings. The van der Waals surface area contributed by atoms with E-state index in [0.29, 0.717) is 0 Å². The molecule has 2 aliphatic rings. The zero-order chi connectivity index (χ0) is 12.9. The molecular formula is C14H23N5. The Kier molecular flexibility index (Phi) is 4.25. The summed E-state index contributed by atoms with van der Waals surface area (Å²) in [6, 6.07) is 2.63. The number of piperazine rings is 1. The number of hydrogen-bond acceptors (Lipinski definition) is 5. The molecule has 0 amide bonds. The van der Waals surface area contributed by atoms with E-state index in [2.05, 4.69) is 25.1 Å². The molecule has 3 rings (SSSR count). The zero-order valence-electron chi connectivity index (χ0n) is 11.5. The fraction of sp³-hybridized carbons (Fsp3) is 0.714. The van der Waals surface area contributed by atoms with Crippen LogP contribution >= 0.6 is 0 Å². The van der Waals surface area contributed by atoms with Gasteiger partial charge in [0.15, 0.2) is 0 Å². The first-order valence-electron chi connectivity index (χ1n) is 7.39. The second-order valence-corrected chi connectivity index (χ2v) is 5.46. The van der Waals surface area contributed by atoms with Crippen LogP contribution in [0.2, 0.25) is 0 Å². The van der Waals surface area contributed by atoms with Crippen LogP contribution in [0.3, 0.4) is 0 Å². The third-order valence-electron chi connectivity index (χ3n) is 4.16. The van der Waals surface area contributed by atoms with E-state index in [1.54, 1.807) is 0 Å². The van der Waals surface area contributed by atoms with Gasteiger partial charge in [-0.3, -0.25) is 4.90 Å². The third-order valence-corrected chi connectivity index (χ3v) is 4.16. The largest absolute Gasteiger partial charge is 0.338 e. The fourth-order valence-electron chi connectivity index (χ4n) is 2.97. The van der Waals surface area contributed by atoms with Crippen LogP contribution in [0.4, 0.5) is 5.95 Å². The molecule has 3 heterocycles.